The van der Waals surface area contributed by atoms with Crippen LogP contribution in [0.25, 0.3) is 10.8 Å². The zero-order valence-corrected chi connectivity index (χ0v) is 16.2. The van der Waals surface area contributed by atoms with Gasteiger partial charge in [0.25, 0.3) is 0 Å². The second-order valence-corrected chi connectivity index (χ2v) is 7.57. The van der Waals surface area contributed by atoms with Gasteiger partial charge >= 0.3 is 0 Å². The molecular weight excluding hydrogens is 332 g/mol. The van der Waals surface area contributed by atoms with Gasteiger partial charge in [-0.25, -0.2) is 0 Å². The Kier molecular flexibility index (Phi) is 5.71. The topological polar surface area (TPSA) is 18.1 Å². The van der Waals surface area contributed by atoms with Crippen molar-refractivity contribution in [2.45, 2.75) is 20.0 Å². The number of benzene rings is 3. The van der Waals surface area contributed by atoms with Crippen LogP contribution in [0.15, 0.2) is 66.7 Å². The van der Waals surface area contributed by atoms with E-state index in [1.54, 1.807) is 9.80 Å². The monoisotopic (exact) mass is 362 g/mol. The molecule has 3 heteroatoms. The Balaban J connectivity index is 1.32. The number of hydrogen-bond donors (Lipinski definition) is 2. The molecule has 3 aromatic carbocycles. The van der Waals surface area contributed by atoms with E-state index in [2.05, 4.69) is 66.7 Å². The molecule has 0 radical (unpaired) electrons. The van der Waals surface area contributed by atoms with Crippen molar-refractivity contribution < 1.29 is 14.5 Å². The van der Waals surface area contributed by atoms with E-state index in [9.17, 15) is 0 Å². The second kappa shape index (κ2) is 8.55. The second-order valence-electron chi connectivity index (χ2n) is 7.57. The number of rotatable bonds is 6. The van der Waals surface area contributed by atoms with Gasteiger partial charge in [0, 0.05) is 11.1 Å². The molecule has 0 saturated carbocycles. The fraction of sp³-hybridized carbons (Fsp3) is 0.333. The normalized spacial score (nSPS) is 19.9. The molecule has 3 aromatic rings. The molecule has 3 nitrogen and oxygen atoms in total. The third kappa shape index (κ3) is 4.49. The Morgan fingerprint density at radius 2 is 1.41 bits per heavy atom. The number of hydrogen-bond acceptors (Lipinski definition) is 1. The van der Waals surface area contributed by atoms with Crippen LogP contribution < -0.4 is 14.5 Å². The standard InChI is InChI=1S/C24H28N2O/c1-2-27-23-12-10-20(11-13-23)18-25-14-16-26(17-15-25)19-22-8-5-7-21-6-3-4-9-24(21)22/h3-13H,2,14-19H2,1H3/p+2. The van der Waals surface area contributed by atoms with Crippen molar-refractivity contribution in [3.63, 3.8) is 0 Å². The lowest BCUT2D eigenvalue weighted by atomic mass is 10.0. The first-order valence-corrected chi connectivity index (χ1v) is 10.2. The van der Waals surface area contributed by atoms with Crippen molar-refractivity contribution in [1.82, 2.24) is 0 Å². The molecule has 4 rings (SSSR count). The van der Waals surface area contributed by atoms with Crippen LogP contribution in [0.5, 0.6) is 5.75 Å². The summed E-state index contributed by atoms with van der Waals surface area (Å²) in [5.41, 5.74) is 2.89. The Morgan fingerprint density at radius 3 is 2.15 bits per heavy atom. The summed E-state index contributed by atoms with van der Waals surface area (Å²) < 4.78 is 5.54. The fourth-order valence-electron chi connectivity index (χ4n) is 4.19. The summed E-state index contributed by atoms with van der Waals surface area (Å²) in [5.74, 6) is 0.973. The molecule has 1 saturated heterocycles. The van der Waals surface area contributed by atoms with Gasteiger partial charge in [-0.05, 0) is 42.0 Å². The van der Waals surface area contributed by atoms with E-state index in [1.165, 1.54) is 48.1 Å². The zero-order valence-electron chi connectivity index (χ0n) is 16.2. The van der Waals surface area contributed by atoms with Crippen molar-refractivity contribution in [2.24, 2.45) is 0 Å². The SMILES string of the molecule is CCOc1ccc(C[NH+]2CC[NH+](Cc3cccc4ccccc34)CC2)cc1. The smallest absolute Gasteiger partial charge is 0.127 e. The Morgan fingerprint density at radius 1 is 0.741 bits per heavy atom. The van der Waals surface area contributed by atoms with Crippen LogP contribution in [-0.4, -0.2) is 32.8 Å². The predicted octanol–water partition coefficient (Wildman–Crippen LogP) is 1.72. The van der Waals surface area contributed by atoms with Gasteiger partial charge in [-0.1, -0.05) is 42.5 Å². The van der Waals surface area contributed by atoms with Gasteiger partial charge in [0.15, 0.2) is 0 Å². The summed E-state index contributed by atoms with van der Waals surface area (Å²) in [7, 11) is 0. The van der Waals surface area contributed by atoms with Gasteiger partial charge in [0.2, 0.25) is 0 Å². The third-order valence-corrected chi connectivity index (χ3v) is 5.67. The number of piperazine rings is 1. The molecule has 1 aliphatic rings. The van der Waals surface area contributed by atoms with E-state index in [4.69, 9.17) is 4.74 Å². The van der Waals surface area contributed by atoms with E-state index in [-0.39, 0.29) is 0 Å². The number of nitrogens with one attached hydrogen (secondary N) is 2. The van der Waals surface area contributed by atoms with Crippen LogP contribution in [0.1, 0.15) is 18.1 Å². The summed E-state index contributed by atoms with van der Waals surface area (Å²) in [6.07, 6.45) is 0. The summed E-state index contributed by atoms with van der Waals surface area (Å²) in [4.78, 5) is 3.41. The minimum absolute atomic E-state index is 0.728. The molecule has 2 N–H and O–H groups in total. The van der Waals surface area contributed by atoms with Gasteiger partial charge in [0.05, 0.1) is 6.61 Å². The lowest BCUT2D eigenvalue weighted by Gasteiger charge is -2.30. The van der Waals surface area contributed by atoms with Crippen molar-refractivity contribution in [3.8, 4) is 5.75 Å². The van der Waals surface area contributed by atoms with Crippen LogP contribution in [0.3, 0.4) is 0 Å². The predicted molar refractivity (Wildman–Crippen MR) is 110 cm³/mol. The van der Waals surface area contributed by atoms with Crippen LogP contribution in [0.2, 0.25) is 0 Å². The summed E-state index contributed by atoms with van der Waals surface area (Å²) in [5, 5.41) is 2.77. The van der Waals surface area contributed by atoms with Gasteiger partial charge in [-0.15, -0.1) is 0 Å². The maximum atomic E-state index is 5.54. The molecule has 0 amide bonds. The molecule has 0 atom stereocenters. The lowest BCUT2D eigenvalue weighted by Crippen LogP contribution is -3.27. The molecule has 1 heterocycles. The minimum atomic E-state index is 0.728. The maximum Gasteiger partial charge on any atom is 0.127 e. The molecular formula is C24H30N2O+2. The number of fused-ring (bicyclic) bond motifs is 1. The number of quaternary nitrogens is 2. The first kappa shape index (κ1) is 18.0. The molecule has 0 aliphatic carbocycles. The molecule has 1 aliphatic heterocycles. The first-order valence-electron chi connectivity index (χ1n) is 10.2. The van der Waals surface area contributed by atoms with E-state index >= 15 is 0 Å². The van der Waals surface area contributed by atoms with Crippen LogP contribution in [0, 0.1) is 0 Å². The highest BCUT2D eigenvalue weighted by molar-refractivity contribution is 5.85. The third-order valence-electron chi connectivity index (χ3n) is 5.67. The van der Waals surface area contributed by atoms with E-state index < -0.39 is 0 Å². The average Bonchev–Trinajstić information content (AvgIpc) is 2.71. The van der Waals surface area contributed by atoms with E-state index in [0.29, 0.717) is 0 Å². The molecule has 27 heavy (non-hydrogen) atoms. The lowest BCUT2D eigenvalue weighted by molar-refractivity contribution is -1.02. The average molecular weight is 363 g/mol. The Hall–Kier alpha value is -2.36. The summed E-state index contributed by atoms with van der Waals surface area (Å²) in [6, 6.07) is 24.1. The molecule has 1 fully saturated rings. The van der Waals surface area contributed by atoms with Gasteiger partial charge in [-0.2, -0.15) is 0 Å². The number of ether oxygens (including phenoxy) is 1. The van der Waals surface area contributed by atoms with Crippen molar-refractivity contribution in [2.75, 3.05) is 32.8 Å². The van der Waals surface area contributed by atoms with Gasteiger partial charge < -0.3 is 14.5 Å². The summed E-state index contributed by atoms with van der Waals surface area (Å²) in [6.45, 7) is 9.99. The highest BCUT2D eigenvalue weighted by Gasteiger charge is 2.23. The zero-order chi connectivity index (χ0) is 18.5. The van der Waals surface area contributed by atoms with E-state index in [0.717, 1.165) is 25.4 Å². The van der Waals surface area contributed by atoms with Crippen molar-refractivity contribution >= 4 is 10.8 Å². The quantitative estimate of drug-likeness (QED) is 0.683. The molecule has 140 valence electrons. The van der Waals surface area contributed by atoms with Gasteiger partial charge in [-0.3, -0.25) is 0 Å². The van der Waals surface area contributed by atoms with E-state index in [1.807, 2.05) is 6.92 Å². The van der Waals surface area contributed by atoms with Crippen LogP contribution >= 0.6 is 0 Å². The van der Waals surface area contributed by atoms with Crippen LogP contribution in [-0.2, 0) is 13.1 Å². The molecule has 0 unspecified atom stereocenters. The molecule has 0 aromatic heterocycles. The first-order chi connectivity index (χ1) is 13.3. The Bertz CT molecular complexity index is 862. The molecule has 0 spiro atoms. The van der Waals surface area contributed by atoms with Gasteiger partial charge in [0.1, 0.15) is 45.0 Å². The minimum Gasteiger partial charge on any atom is -0.494 e. The fourth-order valence-corrected chi connectivity index (χ4v) is 4.19. The van der Waals surface area contributed by atoms with Crippen LogP contribution in [0.4, 0.5) is 0 Å². The highest BCUT2D eigenvalue weighted by atomic mass is 16.5. The largest absolute Gasteiger partial charge is 0.494 e. The molecule has 0 bridgehead atoms. The Labute approximate surface area is 162 Å². The van der Waals surface area contributed by atoms with Crippen molar-refractivity contribution in [3.05, 3.63) is 77.9 Å². The van der Waals surface area contributed by atoms with Crippen molar-refractivity contribution in [1.29, 1.82) is 0 Å². The summed E-state index contributed by atoms with van der Waals surface area (Å²) >= 11 is 0. The highest BCUT2D eigenvalue weighted by Crippen LogP contribution is 2.17. The maximum absolute atomic E-state index is 5.54.